The van der Waals surface area contributed by atoms with Crippen LogP contribution in [0, 0.1) is 5.21 Å². The SMILES string of the molecule is CCCCc1nc(Cl)c(C(=O)c2cccc(C(OC)OC)[n+]2[O-])n1Cc1ccc(-c2ccccc2-c2nn[nH]n2)cc1. The van der Waals surface area contributed by atoms with Crippen LogP contribution in [0.3, 0.4) is 0 Å². The smallest absolute Gasteiger partial charge is 0.277 e. The van der Waals surface area contributed by atoms with Crippen LogP contribution in [0.15, 0.2) is 66.7 Å². The number of aryl methyl sites for hydroxylation is 1. The second-order valence-corrected chi connectivity index (χ2v) is 9.96. The molecule has 11 nitrogen and oxygen atoms in total. The van der Waals surface area contributed by atoms with Crippen molar-refractivity contribution in [2.75, 3.05) is 14.2 Å². The Morgan fingerprint density at radius 2 is 1.79 bits per heavy atom. The molecule has 0 aliphatic heterocycles. The third kappa shape index (κ3) is 5.80. The molecule has 0 fully saturated rings. The number of unbranched alkanes of at least 4 members (excludes halogenated alkanes) is 1. The van der Waals surface area contributed by atoms with Gasteiger partial charge in [-0.2, -0.15) is 9.94 Å². The monoisotopic (exact) mass is 587 g/mol. The number of aromatic amines is 1. The highest BCUT2D eigenvalue weighted by Crippen LogP contribution is 2.30. The van der Waals surface area contributed by atoms with Crippen molar-refractivity contribution in [3.05, 3.63) is 106 Å². The number of hydrogen-bond donors (Lipinski definition) is 1. The van der Waals surface area contributed by atoms with Crippen LogP contribution in [0.4, 0.5) is 0 Å². The van der Waals surface area contributed by atoms with E-state index in [0.717, 1.165) is 35.1 Å². The Hall–Kier alpha value is -4.45. The van der Waals surface area contributed by atoms with Gasteiger partial charge in [0, 0.05) is 44.9 Å². The number of H-pyrrole nitrogens is 1. The molecule has 2 aromatic carbocycles. The van der Waals surface area contributed by atoms with Crippen LogP contribution in [-0.2, 0) is 22.4 Å². The van der Waals surface area contributed by atoms with Crippen molar-refractivity contribution in [1.29, 1.82) is 0 Å². The highest BCUT2D eigenvalue weighted by molar-refractivity contribution is 6.33. The molecule has 0 atom stereocenters. The average molecular weight is 588 g/mol. The van der Waals surface area contributed by atoms with E-state index in [4.69, 9.17) is 21.1 Å². The summed E-state index contributed by atoms with van der Waals surface area (Å²) in [5.74, 6) is 0.647. The number of pyridine rings is 1. The molecule has 0 bridgehead atoms. The number of carbonyl (C=O) groups is 1. The van der Waals surface area contributed by atoms with E-state index in [9.17, 15) is 10.0 Å². The Balaban J connectivity index is 1.51. The Morgan fingerprint density at radius 3 is 2.45 bits per heavy atom. The maximum Gasteiger partial charge on any atom is 0.277 e. The number of methoxy groups -OCH3 is 2. The van der Waals surface area contributed by atoms with Crippen molar-refractivity contribution in [3.8, 4) is 22.5 Å². The molecule has 0 radical (unpaired) electrons. The molecule has 3 aromatic heterocycles. The second kappa shape index (κ2) is 13.0. The standard InChI is InChI=1S/C30H30ClN7O4/c1-4-5-13-25-32-28(31)26(27(39)23-11-8-12-24(38(23)40)30(41-2)42-3)37(25)18-19-14-16-20(17-15-19)21-9-6-7-10-22(21)29-33-35-36-34-29/h6-12,14-17,30H,4-5,13,18H2,1-3H3,(H,33,34,35,36). The van der Waals surface area contributed by atoms with E-state index in [1.165, 1.54) is 20.3 Å². The van der Waals surface area contributed by atoms with Crippen molar-refractivity contribution in [2.45, 2.75) is 39.0 Å². The van der Waals surface area contributed by atoms with Gasteiger partial charge in [0.1, 0.15) is 11.5 Å². The first-order valence-electron chi connectivity index (χ1n) is 13.5. The van der Waals surface area contributed by atoms with Crippen LogP contribution in [0.25, 0.3) is 22.5 Å². The minimum Gasteiger partial charge on any atom is -0.618 e. The Labute approximate surface area is 247 Å². The molecule has 42 heavy (non-hydrogen) atoms. The molecule has 0 aliphatic carbocycles. The lowest BCUT2D eigenvalue weighted by atomic mass is 9.98. The maximum absolute atomic E-state index is 13.9. The summed E-state index contributed by atoms with van der Waals surface area (Å²) in [5.41, 5.74) is 3.91. The number of hydrogen-bond acceptors (Lipinski definition) is 8. The lowest BCUT2D eigenvalue weighted by Gasteiger charge is -2.16. The number of rotatable bonds is 12. The predicted octanol–water partition coefficient (Wildman–Crippen LogP) is 4.93. The quantitative estimate of drug-likeness (QED) is 0.0939. The molecule has 0 aliphatic rings. The van der Waals surface area contributed by atoms with Gasteiger partial charge in [-0.1, -0.05) is 73.5 Å². The minimum absolute atomic E-state index is 0.0530. The number of aromatic nitrogens is 7. The van der Waals surface area contributed by atoms with E-state index in [2.05, 4.69) is 32.5 Å². The van der Waals surface area contributed by atoms with Gasteiger partial charge in [-0.3, -0.25) is 4.79 Å². The molecular formula is C30H30ClN7O4. The number of ether oxygens (including phenoxy) is 2. The van der Waals surface area contributed by atoms with Crippen molar-refractivity contribution < 1.29 is 19.0 Å². The van der Waals surface area contributed by atoms with Gasteiger partial charge in [0.15, 0.2) is 5.15 Å². The summed E-state index contributed by atoms with van der Waals surface area (Å²) in [5, 5.41) is 27.7. The Morgan fingerprint density at radius 1 is 1.05 bits per heavy atom. The molecule has 5 rings (SSSR count). The van der Waals surface area contributed by atoms with Crippen molar-refractivity contribution in [1.82, 2.24) is 30.2 Å². The molecule has 0 saturated heterocycles. The molecule has 1 N–H and O–H groups in total. The second-order valence-electron chi connectivity index (χ2n) is 9.60. The van der Waals surface area contributed by atoms with Gasteiger partial charge in [-0.05, 0) is 34.4 Å². The molecule has 12 heteroatoms. The molecule has 3 heterocycles. The zero-order chi connectivity index (χ0) is 29.6. The van der Waals surface area contributed by atoms with E-state index in [1.807, 2.05) is 48.5 Å². The molecular weight excluding hydrogens is 558 g/mol. The van der Waals surface area contributed by atoms with Crippen molar-refractivity contribution >= 4 is 17.4 Å². The van der Waals surface area contributed by atoms with Gasteiger partial charge in [0.25, 0.3) is 11.5 Å². The summed E-state index contributed by atoms with van der Waals surface area (Å²) in [4.78, 5) is 18.4. The molecule has 216 valence electrons. The number of nitrogens with one attached hydrogen (secondary N) is 1. The summed E-state index contributed by atoms with van der Waals surface area (Å²) >= 11 is 6.59. The zero-order valence-electron chi connectivity index (χ0n) is 23.5. The van der Waals surface area contributed by atoms with Crippen LogP contribution in [0.5, 0.6) is 0 Å². The third-order valence-corrected chi connectivity index (χ3v) is 7.23. The van der Waals surface area contributed by atoms with Gasteiger partial charge in [0.2, 0.25) is 17.8 Å². The van der Waals surface area contributed by atoms with Crippen LogP contribution in [-0.4, -0.2) is 50.2 Å². The summed E-state index contributed by atoms with van der Waals surface area (Å²) in [6.07, 6.45) is 1.51. The molecule has 5 aromatic rings. The number of imidazole rings is 1. The molecule has 0 spiro atoms. The highest BCUT2D eigenvalue weighted by Gasteiger charge is 2.31. The first-order chi connectivity index (χ1) is 20.5. The number of halogens is 1. The summed E-state index contributed by atoms with van der Waals surface area (Å²) < 4.78 is 12.8. The summed E-state index contributed by atoms with van der Waals surface area (Å²) in [6, 6.07) is 20.4. The molecule has 0 amide bonds. The van der Waals surface area contributed by atoms with Gasteiger partial charge in [0.05, 0.1) is 0 Å². The Kier molecular flexibility index (Phi) is 9.01. The highest BCUT2D eigenvalue weighted by atomic mass is 35.5. The van der Waals surface area contributed by atoms with Crippen LogP contribution < -0.4 is 4.73 Å². The van der Waals surface area contributed by atoms with Crippen LogP contribution in [0.1, 0.15) is 59.3 Å². The minimum atomic E-state index is -0.931. The fraction of sp³-hybridized carbons (Fsp3) is 0.267. The first kappa shape index (κ1) is 29.1. The Bertz CT molecular complexity index is 1670. The fourth-order valence-corrected chi connectivity index (χ4v) is 5.16. The average Bonchev–Trinajstić information content (AvgIpc) is 3.66. The predicted molar refractivity (Wildman–Crippen MR) is 156 cm³/mol. The first-order valence-corrected chi connectivity index (χ1v) is 13.8. The van der Waals surface area contributed by atoms with Crippen molar-refractivity contribution in [2.24, 2.45) is 0 Å². The largest absolute Gasteiger partial charge is 0.618 e. The number of nitrogens with zero attached hydrogens (tertiary/aromatic N) is 6. The number of benzene rings is 2. The number of tetrazole rings is 1. The van der Waals surface area contributed by atoms with Gasteiger partial charge >= 0.3 is 0 Å². The normalized spacial score (nSPS) is 11.4. The lowest BCUT2D eigenvalue weighted by molar-refractivity contribution is -0.625. The maximum atomic E-state index is 13.9. The van der Waals surface area contributed by atoms with E-state index < -0.39 is 12.1 Å². The molecule has 0 unspecified atom stereocenters. The van der Waals surface area contributed by atoms with E-state index in [0.29, 0.717) is 29.3 Å². The van der Waals surface area contributed by atoms with Gasteiger partial charge < -0.3 is 19.2 Å². The summed E-state index contributed by atoms with van der Waals surface area (Å²) in [6.45, 7) is 2.42. The zero-order valence-corrected chi connectivity index (χ0v) is 24.2. The fourth-order valence-electron chi connectivity index (χ4n) is 4.87. The van der Waals surface area contributed by atoms with Crippen molar-refractivity contribution in [3.63, 3.8) is 0 Å². The topological polar surface area (TPSA) is 135 Å². The molecule has 0 saturated carbocycles. The van der Waals surface area contributed by atoms with E-state index >= 15 is 0 Å². The van der Waals surface area contributed by atoms with Gasteiger partial charge in [-0.25, -0.2) is 4.98 Å². The number of ketones is 1. The van der Waals surface area contributed by atoms with Crippen LogP contribution >= 0.6 is 11.6 Å². The van der Waals surface area contributed by atoms with E-state index in [1.54, 1.807) is 16.7 Å². The van der Waals surface area contributed by atoms with E-state index in [-0.39, 0.29) is 22.2 Å². The van der Waals surface area contributed by atoms with Gasteiger partial charge in [-0.15, -0.1) is 10.2 Å². The van der Waals surface area contributed by atoms with Crippen LogP contribution in [0.2, 0.25) is 5.15 Å². The number of carbonyl (C=O) groups excluding carboxylic acids is 1. The third-order valence-electron chi connectivity index (χ3n) is 6.97. The summed E-state index contributed by atoms with van der Waals surface area (Å²) in [7, 11) is 2.84. The lowest BCUT2D eigenvalue weighted by Crippen LogP contribution is -2.41.